The van der Waals surface area contributed by atoms with E-state index in [-0.39, 0.29) is 24.8 Å². The van der Waals surface area contributed by atoms with E-state index in [1.807, 2.05) is 6.92 Å². The number of ether oxygens (including phenoxy) is 3. The zero-order chi connectivity index (χ0) is 31.9. The van der Waals surface area contributed by atoms with Gasteiger partial charge in [0.1, 0.15) is 5.56 Å². The van der Waals surface area contributed by atoms with E-state index < -0.39 is 58.6 Å². The lowest BCUT2D eigenvalue weighted by molar-refractivity contribution is -0.139. The molecule has 3 rings (SSSR count). The minimum absolute atomic E-state index is 0.0500. The van der Waals surface area contributed by atoms with Crippen molar-refractivity contribution in [1.82, 2.24) is 9.97 Å². The standard InChI is InChI=1S/C29H38F4N4O6/c1-6-11-36(3)28-34-14-21(29(31,32)33)25(35-28)43-24-12-20(27(39)40)23(13-22(24)30)37(19(15-41-4)16-42-5)26(38)18-9-7-17(2)8-10-18/h12-14,17-19H,6-11,15-16H2,1-5H3,(H,39,40). The van der Waals surface area contributed by atoms with Crippen molar-refractivity contribution in [2.75, 3.05) is 50.8 Å². The molecule has 10 nitrogen and oxygen atoms in total. The van der Waals surface area contributed by atoms with Crippen LogP contribution in [-0.2, 0) is 20.4 Å². The van der Waals surface area contributed by atoms with Gasteiger partial charge in [0, 0.05) is 52.1 Å². The highest BCUT2D eigenvalue weighted by Gasteiger charge is 2.38. The fourth-order valence-electron chi connectivity index (χ4n) is 5.13. The molecule has 0 unspecified atom stereocenters. The lowest BCUT2D eigenvalue weighted by atomic mass is 9.82. The monoisotopic (exact) mass is 614 g/mol. The number of hydrogen-bond donors (Lipinski definition) is 1. The average molecular weight is 615 g/mol. The first-order valence-corrected chi connectivity index (χ1v) is 14.0. The van der Waals surface area contributed by atoms with Gasteiger partial charge in [-0.05, 0) is 38.0 Å². The van der Waals surface area contributed by atoms with Gasteiger partial charge in [-0.25, -0.2) is 14.2 Å². The van der Waals surface area contributed by atoms with Crippen molar-refractivity contribution >= 4 is 23.5 Å². The summed E-state index contributed by atoms with van der Waals surface area (Å²) in [6.45, 7) is 4.26. The molecular formula is C29H38F4N4O6. The van der Waals surface area contributed by atoms with Gasteiger partial charge in [-0.3, -0.25) is 4.79 Å². The number of carbonyl (C=O) groups excluding carboxylic acids is 1. The molecule has 0 saturated heterocycles. The summed E-state index contributed by atoms with van der Waals surface area (Å²) in [6.07, 6.45) is -1.04. The van der Waals surface area contributed by atoms with E-state index in [0.717, 1.165) is 25.0 Å². The van der Waals surface area contributed by atoms with Gasteiger partial charge in [0.15, 0.2) is 11.6 Å². The molecule has 1 N–H and O–H groups in total. The third-order valence-corrected chi connectivity index (χ3v) is 7.38. The molecule has 0 spiro atoms. The zero-order valence-electron chi connectivity index (χ0n) is 24.9. The second-order valence-electron chi connectivity index (χ2n) is 10.7. The number of amides is 1. The maximum atomic E-state index is 15.7. The lowest BCUT2D eigenvalue weighted by Gasteiger charge is -2.36. The Hall–Kier alpha value is -3.52. The third-order valence-electron chi connectivity index (χ3n) is 7.38. The van der Waals surface area contributed by atoms with Crippen molar-refractivity contribution in [2.24, 2.45) is 11.8 Å². The van der Waals surface area contributed by atoms with Crippen molar-refractivity contribution in [3.8, 4) is 11.6 Å². The second-order valence-corrected chi connectivity index (χ2v) is 10.7. The summed E-state index contributed by atoms with van der Waals surface area (Å²) in [5.74, 6) is -5.08. The number of nitrogens with zero attached hydrogens (tertiary/aromatic N) is 4. The van der Waals surface area contributed by atoms with Gasteiger partial charge in [-0.1, -0.05) is 13.8 Å². The summed E-state index contributed by atoms with van der Waals surface area (Å²) in [6, 6.07) is 0.713. The minimum atomic E-state index is -4.95. The number of carbonyl (C=O) groups is 2. The predicted octanol–water partition coefficient (Wildman–Crippen LogP) is 5.79. The van der Waals surface area contributed by atoms with Gasteiger partial charge >= 0.3 is 12.1 Å². The zero-order valence-corrected chi connectivity index (χ0v) is 24.9. The number of carboxylic acid groups (broad SMARTS) is 1. The number of methoxy groups -OCH3 is 2. The molecule has 0 atom stereocenters. The first-order chi connectivity index (χ1) is 20.3. The first-order valence-electron chi connectivity index (χ1n) is 14.0. The molecule has 0 radical (unpaired) electrons. The van der Waals surface area contributed by atoms with E-state index in [2.05, 4.69) is 16.9 Å². The number of alkyl halides is 3. The van der Waals surface area contributed by atoms with Gasteiger partial charge < -0.3 is 29.1 Å². The summed E-state index contributed by atoms with van der Waals surface area (Å²) in [4.78, 5) is 36.6. The molecule has 0 bridgehead atoms. The molecule has 43 heavy (non-hydrogen) atoms. The highest BCUT2D eigenvalue weighted by atomic mass is 19.4. The van der Waals surface area contributed by atoms with Crippen molar-refractivity contribution in [3.63, 3.8) is 0 Å². The number of aromatic nitrogens is 2. The predicted molar refractivity (Wildman–Crippen MR) is 150 cm³/mol. The topological polar surface area (TPSA) is 114 Å². The lowest BCUT2D eigenvalue weighted by Crippen LogP contribution is -2.49. The Bertz CT molecular complexity index is 1260. The molecule has 2 aromatic rings. The van der Waals surface area contributed by atoms with Crippen LogP contribution in [0, 0.1) is 17.7 Å². The van der Waals surface area contributed by atoms with E-state index in [1.54, 1.807) is 7.05 Å². The number of hydrogen-bond acceptors (Lipinski definition) is 8. The number of carboxylic acids is 1. The molecule has 1 fully saturated rings. The maximum absolute atomic E-state index is 15.7. The summed E-state index contributed by atoms with van der Waals surface area (Å²) in [5.41, 5.74) is -2.22. The van der Waals surface area contributed by atoms with Crippen LogP contribution in [0.25, 0.3) is 0 Å². The van der Waals surface area contributed by atoms with Crippen LogP contribution in [0.5, 0.6) is 11.6 Å². The van der Waals surface area contributed by atoms with Crippen LogP contribution in [0.15, 0.2) is 18.3 Å². The largest absolute Gasteiger partial charge is 0.478 e. The molecule has 0 aliphatic heterocycles. The van der Waals surface area contributed by atoms with Gasteiger partial charge in [0.2, 0.25) is 17.7 Å². The minimum Gasteiger partial charge on any atom is -0.478 e. The molecule has 14 heteroatoms. The number of benzene rings is 1. The number of anilines is 2. The Kier molecular flexibility index (Phi) is 11.7. The molecule has 1 aromatic heterocycles. The Balaban J connectivity index is 2.14. The van der Waals surface area contributed by atoms with Crippen LogP contribution in [0.4, 0.5) is 29.2 Å². The second kappa shape index (κ2) is 14.8. The van der Waals surface area contributed by atoms with Crippen LogP contribution in [0.2, 0.25) is 0 Å². The maximum Gasteiger partial charge on any atom is 0.423 e. The Morgan fingerprint density at radius 2 is 1.74 bits per heavy atom. The molecule has 1 aliphatic rings. The number of halogens is 4. The normalized spacial score (nSPS) is 17.2. The average Bonchev–Trinajstić information content (AvgIpc) is 2.94. The summed E-state index contributed by atoms with van der Waals surface area (Å²) in [5, 5.41) is 10.1. The van der Waals surface area contributed by atoms with Crippen LogP contribution in [0.3, 0.4) is 0 Å². The fourth-order valence-corrected chi connectivity index (χ4v) is 5.13. The van der Waals surface area contributed by atoms with E-state index in [9.17, 15) is 27.9 Å². The van der Waals surface area contributed by atoms with Gasteiger partial charge in [0.05, 0.1) is 30.5 Å². The summed E-state index contributed by atoms with van der Waals surface area (Å²) >= 11 is 0. The Labute approximate surface area is 247 Å². The van der Waals surface area contributed by atoms with Gasteiger partial charge in [-0.15, -0.1) is 0 Å². The molecule has 1 saturated carbocycles. The highest BCUT2D eigenvalue weighted by molar-refractivity contribution is 6.03. The third kappa shape index (κ3) is 8.31. The molecule has 1 aromatic carbocycles. The molecule has 238 valence electrons. The number of rotatable bonds is 13. The van der Waals surface area contributed by atoms with Crippen molar-refractivity contribution in [3.05, 3.63) is 35.3 Å². The first kappa shape index (κ1) is 34.0. The van der Waals surface area contributed by atoms with E-state index >= 15 is 4.39 Å². The quantitative estimate of drug-likeness (QED) is 0.280. The summed E-state index contributed by atoms with van der Waals surface area (Å²) in [7, 11) is 4.37. The van der Waals surface area contributed by atoms with E-state index in [1.165, 1.54) is 24.0 Å². The van der Waals surface area contributed by atoms with Gasteiger partial charge in [-0.2, -0.15) is 18.2 Å². The van der Waals surface area contributed by atoms with Gasteiger partial charge in [0.25, 0.3) is 0 Å². The Morgan fingerprint density at radius 3 is 2.28 bits per heavy atom. The number of aromatic carboxylic acids is 1. The smallest absolute Gasteiger partial charge is 0.423 e. The van der Waals surface area contributed by atoms with Crippen molar-refractivity contribution in [1.29, 1.82) is 0 Å². The van der Waals surface area contributed by atoms with Crippen LogP contribution >= 0.6 is 0 Å². The van der Waals surface area contributed by atoms with Crippen LogP contribution in [-0.4, -0.2) is 74.0 Å². The fraction of sp³-hybridized carbons (Fsp3) is 0.586. The SMILES string of the molecule is CCCN(C)c1ncc(C(F)(F)F)c(Oc2cc(C(=O)O)c(N(C(=O)C3CCC(C)CC3)C(COC)COC)cc2F)n1. The van der Waals surface area contributed by atoms with Crippen molar-refractivity contribution in [2.45, 2.75) is 58.2 Å². The highest BCUT2D eigenvalue weighted by Crippen LogP contribution is 2.40. The van der Waals surface area contributed by atoms with E-state index in [0.29, 0.717) is 37.9 Å². The van der Waals surface area contributed by atoms with Crippen LogP contribution in [0.1, 0.15) is 61.9 Å². The summed E-state index contributed by atoms with van der Waals surface area (Å²) < 4.78 is 73.0. The van der Waals surface area contributed by atoms with E-state index in [4.69, 9.17) is 14.2 Å². The van der Waals surface area contributed by atoms with Crippen LogP contribution < -0.4 is 14.5 Å². The molecular weight excluding hydrogens is 576 g/mol. The molecule has 1 aliphatic carbocycles. The molecule has 1 amide bonds. The van der Waals surface area contributed by atoms with Crippen molar-refractivity contribution < 1.29 is 46.5 Å². The Morgan fingerprint density at radius 1 is 1.12 bits per heavy atom. The molecule has 1 heterocycles.